The summed E-state index contributed by atoms with van der Waals surface area (Å²) in [5, 5.41) is 0. The van der Waals surface area contributed by atoms with E-state index in [-0.39, 0.29) is 0 Å². The molecule has 3 aromatic carbocycles. The van der Waals surface area contributed by atoms with Crippen molar-refractivity contribution < 1.29 is 4.74 Å². The summed E-state index contributed by atoms with van der Waals surface area (Å²) in [7, 11) is 0. The Labute approximate surface area is 112 Å². The minimum Gasteiger partial charge on any atom is -0.448 e. The lowest BCUT2D eigenvalue weighted by molar-refractivity contribution is 0.652. The van der Waals surface area contributed by atoms with E-state index in [4.69, 9.17) is 4.74 Å². The molecule has 1 aliphatic rings. The maximum Gasteiger partial charge on any atom is 0.178 e. The molecule has 0 unspecified atom stereocenters. The highest BCUT2D eigenvalue weighted by molar-refractivity contribution is 5.89. The molecule has 0 aromatic heterocycles. The third-order valence-electron chi connectivity index (χ3n) is 3.44. The third-order valence-corrected chi connectivity index (χ3v) is 3.44. The number of rotatable bonds is 2. The van der Waals surface area contributed by atoms with Gasteiger partial charge in [-0.15, -0.1) is 0 Å². The van der Waals surface area contributed by atoms with Crippen LogP contribution in [0.15, 0.2) is 72.8 Å². The van der Waals surface area contributed by atoms with E-state index < -0.39 is 0 Å². The van der Waals surface area contributed by atoms with Crippen LogP contribution in [0.2, 0.25) is 0 Å². The zero-order valence-corrected chi connectivity index (χ0v) is 10.3. The number of hydrogen-bond acceptors (Lipinski definition) is 1. The lowest BCUT2D eigenvalue weighted by atomic mass is 10.0. The molecule has 1 heterocycles. The zero-order valence-electron chi connectivity index (χ0n) is 10.3. The molecule has 1 heteroatoms. The molecular formula is C18H12O. The first kappa shape index (κ1) is 10.4. The van der Waals surface area contributed by atoms with Gasteiger partial charge in [0.05, 0.1) is 0 Å². The van der Waals surface area contributed by atoms with Crippen LogP contribution in [0.4, 0.5) is 0 Å². The van der Waals surface area contributed by atoms with Gasteiger partial charge in [0.25, 0.3) is 0 Å². The van der Waals surface area contributed by atoms with Gasteiger partial charge >= 0.3 is 0 Å². The van der Waals surface area contributed by atoms with Gasteiger partial charge in [-0.3, -0.25) is 0 Å². The summed E-state index contributed by atoms with van der Waals surface area (Å²) in [6.07, 6.45) is 0. The molecule has 0 N–H and O–H groups in total. The van der Waals surface area contributed by atoms with Crippen molar-refractivity contribution >= 4 is 0 Å². The average molecular weight is 244 g/mol. The van der Waals surface area contributed by atoms with Crippen molar-refractivity contribution in [2.45, 2.75) is 0 Å². The molecule has 0 fully saturated rings. The number of fused-ring (bicyclic) bond motifs is 1. The molecule has 90 valence electrons. The molecule has 4 rings (SSSR count). The first-order chi connectivity index (χ1) is 9.43. The van der Waals surface area contributed by atoms with Crippen molar-refractivity contribution in [3.8, 4) is 33.8 Å². The molecule has 0 spiro atoms. The Kier molecular flexibility index (Phi) is 2.18. The van der Waals surface area contributed by atoms with Crippen molar-refractivity contribution in [2.24, 2.45) is 0 Å². The van der Waals surface area contributed by atoms with Crippen LogP contribution in [0.3, 0.4) is 0 Å². The van der Waals surface area contributed by atoms with Gasteiger partial charge in [0, 0.05) is 11.1 Å². The molecule has 0 bridgehead atoms. The lowest BCUT2D eigenvalue weighted by Gasteiger charge is -2.00. The zero-order chi connectivity index (χ0) is 12.7. The molecule has 19 heavy (non-hydrogen) atoms. The highest BCUT2D eigenvalue weighted by atomic mass is 16.6. The van der Waals surface area contributed by atoms with E-state index in [9.17, 15) is 0 Å². The van der Waals surface area contributed by atoms with Crippen LogP contribution in [0, 0.1) is 0 Å². The second-order valence-corrected chi connectivity index (χ2v) is 4.65. The van der Waals surface area contributed by atoms with Crippen LogP contribution in [0.25, 0.3) is 22.3 Å². The van der Waals surface area contributed by atoms with Gasteiger partial charge in [0.2, 0.25) is 0 Å². The molecule has 0 atom stereocenters. The summed E-state index contributed by atoms with van der Waals surface area (Å²) in [4.78, 5) is 0. The molecule has 1 aliphatic heterocycles. The predicted octanol–water partition coefficient (Wildman–Crippen LogP) is 5.13. The van der Waals surface area contributed by atoms with Crippen molar-refractivity contribution in [2.75, 3.05) is 0 Å². The van der Waals surface area contributed by atoms with Crippen LogP contribution in [-0.4, -0.2) is 0 Å². The maximum absolute atomic E-state index is 5.71. The summed E-state index contributed by atoms with van der Waals surface area (Å²) in [6.45, 7) is 0. The Balaban J connectivity index is 1.82. The van der Waals surface area contributed by atoms with E-state index >= 15 is 0 Å². The molecule has 0 radical (unpaired) electrons. The monoisotopic (exact) mass is 244 g/mol. The van der Waals surface area contributed by atoms with Gasteiger partial charge in [0.1, 0.15) is 0 Å². The summed E-state index contributed by atoms with van der Waals surface area (Å²) < 4.78 is 5.71. The topological polar surface area (TPSA) is 12.5 Å². The van der Waals surface area contributed by atoms with E-state index in [1.807, 2.05) is 12.1 Å². The summed E-state index contributed by atoms with van der Waals surface area (Å²) in [5.41, 5.74) is 4.76. The van der Waals surface area contributed by atoms with E-state index in [0.717, 1.165) is 11.5 Å². The van der Waals surface area contributed by atoms with Crippen molar-refractivity contribution in [1.29, 1.82) is 0 Å². The first-order valence-electron chi connectivity index (χ1n) is 6.39. The molecule has 1 nitrogen and oxygen atoms in total. The quantitative estimate of drug-likeness (QED) is 0.445. The van der Waals surface area contributed by atoms with Crippen molar-refractivity contribution in [3.63, 3.8) is 0 Å². The van der Waals surface area contributed by atoms with E-state index in [1.54, 1.807) is 0 Å². The Morgan fingerprint density at radius 1 is 0.474 bits per heavy atom. The van der Waals surface area contributed by atoms with Crippen molar-refractivity contribution in [1.82, 2.24) is 0 Å². The van der Waals surface area contributed by atoms with E-state index in [2.05, 4.69) is 60.7 Å². The molecule has 3 aromatic rings. The number of ether oxygens (including phenoxy) is 1. The Hall–Kier alpha value is -2.54. The van der Waals surface area contributed by atoms with Crippen LogP contribution in [0.5, 0.6) is 11.5 Å². The fourth-order valence-electron chi connectivity index (χ4n) is 2.44. The molecular weight excluding hydrogens is 232 g/mol. The molecule has 0 aliphatic carbocycles. The minimum absolute atomic E-state index is 1.02. The van der Waals surface area contributed by atoms with Crippen LogP contribution in [-0.2, 0) is 0 Å². The third kappa shape index (κ3) is 1.71. The van der Waals surface area contributed by atoms with Crippen LogP contribution < -0.4 is 4.74 Å². The maximum atomic E-state index is 5.71. The number of hydrogen-bond donors (Lipinski definition) is 0. The fraction of sp³-hybridized carbons (Fsp3) is 0. The van der Waals surface area contributed by atoms with Gasteiger partial charge in [-0.05, 0) is 23.3 Å². The van der Waals surface area contributed by atoms with Gasteiger partial charge < -0.3 is 4.74 Å². The lowest BCUT2D eigenvalue weighted by Crippen LogP contribution is -1.75. The fourth-order valence-corrected chi connectivity index (χ4v) is 2.44. The molecule has 0 saturated heterocycles. The van der Waals surface area contributed by atoms with Gasteiger partial charge in [-0.2, -0.15) is 0 Å². The van der Waals surface area contributed by atoms with Crippen LogP contribution >= 0.6 is 0 Å². The summed E-state index contributed by atoms with van der Waals surface area (Å²) in [5.74, 6) is 2.04. The predicted molar refractivity (Wildman–Crippen MR) is 77.4 cm³/mol. The second kappa shape index (κ2) is 3.99. The smallest absolute Gasteiger partial charge is 0.178 e. The Bertz CT molecular complexity index is 666. The van der Waals surface area contributed by atoms with Gasteiger partial charge in [-0.1, -0.05) is 60.7 Å². The van der Waals surface area contributed by atoms with E-state index in [0.29, 0.717) is 0 Å². The number of benzene rings is 3. The Morgan fingerprint density at radius 2 is 0.895 bits per heavy atom. The standard InChI is InChI=1S/C18H12O/c1-3-7-13(8-4-1)15-11-12-16(18-17(15)19-18)14-9-5-2-6-10-14/h1-12H. The first-order valence-corrected chi connectivity index (χ1v) is 6.39. The normalized spacial score (nSPS) is 11.6. The average Bonchev–Trinajstić information content (AvgIpc) is 3.28. The van der Waals surface area contributed by atoms with E-state index in [1.165, 1.54) is 22.3 Å². The second-order valence-electron chi connectivity index (χ2n) is 4.65. The highest BCUT2D eigenvalue weighted by Crippen LogP contribution is 2.57. The summed E-state index contributed by atoms with van der Waals surface area (Å²) >= 11 is 0. The largest absolute Gasteiger partial charge is 0.448 e. The highest BCUT2D eigenvalue weighted by Gasteiger charge is 2.29. The van der Waals surface area contributed by atoms with Crippen molar-refractivity contribution in [3.05, 3.63) is 72.8 Å². The molecule has 0 amide bonds. The SMILES string of the molecule is c1ccc(-c2ccc(-c3ccccc3)c3c2O3)cc1. The summed E-state index contributed by atoms with van der Waals surface area (Å²) in [6, 6.07) is 25.0. The van der Waals surface area contributed by atoms with Gasteiger partial charge in [0.15, 0.2) is 11.5 Å². The van der Waals surface area contributed by atoms with Gasteiger partial charge in [-0.25, -0.2) is 0 Å². The molecule has 0 saturated carbocycles. The Morgan fingerprint density at radius 3 is 1.32 bits per heavy atom. The van der Waals surface area contributed by atoms with Crippen LogP contribution in [0.1, 0.15) is 0 Å². The minimum atomic E-state index is 1.02.